The summed E-state index contributed by atoms with van der Waals surface area (Å²) >= 11 is 5.05. The van der Waals surface area contributed by atoms with E-state index in [1.165, 1.54) is 4.57 Å². The first-order chi connectivity index (χ1) is 14.6. The number of hydrogen-bond acceptors (Lipinski definition) is 5. The van der Waals surface area contributed by atoms with Crippen molar-refractivity contribution >= 4 is 38.4 Å². The summed E-state index contributed by atoms with van der Waals surface area (Å²) in [5.74, 6) is 0.675. The van der Waals surface area contributed by atoms with Crippen molar-refractivity contribution in [1.82, 2.24) is 19.1 Å². The van der Waals surface area contributed by atoms with Crippen molar-refractivity contribution < 1.29 is 4.74 Å². The van der Waals surface area contributed by atoms with Crippen molar-refractivity contribution in [3.05, 3.63) is 72.7 Å². The van der Waals surface area contributed by atoms with E-state index >= 15 is 0 Å². The van der Waals surface area contributed by atoms with Crippen LogP contribution < -0.4 is 11.2 Å². The third kappa shape index (κ3) is 3.57. The topological polar surface area (TPSA) is 81.9 Å². The van der Waals surface area contributed by atoms with Gasteiger partial charge in [0.15, 0.2) is 17.0 Å². The second-order valence-corrected chi connectivity index (χ2v) is 9.75. The van der Waals surface area contributed by atoms with Gasteiger partial charge in [-0.3, -0.25) is 14.3 Å². The molecule has 1 fully saturated rings. The molecule has 7 nitrogen and oxygen atoms in total. The van der Waals surface area contributed by atoms with E-state index in [1.807, 2.05) is 47.0 Å². The fourth-order valence-corrected chi connectivity index (χ4v) is 5.26. The summed E-state index contributed by atoms with van der Waals surface area (Å²) in [5, 5.41) is 0. The molecule has 0 spiro atoms. The Morgan fingerprint density at radius 1 is 1.17 bits per heavy atom. The number of fused-ring (bicyclic) bond motifs is 1. The number of nitrogens with one attached hydrogen (secondary N) is 1. The second-order valence-electron chi connectivity index (χ2n) is 7.29. The SMILES string of the molecule is O=c1[nH]c(=O)n(Cc2ccccc2)c2nc(-c3ccc(Br)s3)n(CC3CCCO3)c12. The summed E-state index contributed by atoms with van der Waals surface area (Å²) in [6, 6.07) is 13.6. The number of nitrogens with zero attached hydrogens (tertiary/aromatic N) is 3. The minimum Gasteiger partial charge on any atom is -0.376 e. The lowest BCUT2D eigenvalue weighted by molar-refractivity contribution is 0.0982. The molecule has 1 atom stereocenters. The van der Waals surface area contributed by atoms with Crippen LogP contribution >= 0.6 is 27.3 Å². The molecule has 1 N–H and O–H groups in total. The molecule has 154 valence electrons. The Balaban J connectivity index is 1.73. The van der Waals surface area contributed by atoms with Crippen LogP contribution in [0.2, 0.25) is 0 Å². The van der Waals surface area contributed by atoms with Crippen LogP contribution in [-0.4, -0.2) is 31.8 Å². The number of halogens is 1. The number of hydrogen-bond donors (Lipinski definition) is 1. The summed E-state index contributed by atoms with van der Waals surface area (Å²) in [6.07, 6.45) is 1.97. The van der Waals surface area contributed by atoms with Gasteiger partial charge in [0.1, 0.15) is 0 Å². The lowest BCUT2D eigenvalue weighted by Gasteiger charge is -2.13. The Morgan fingerprint density at radius 2 is 2.00 bits per heavy atom. The van der Waals surface area contributed by atoms with Crippen molar-refractivity contribution in [3.63, 3.8) is 0 Å². The molecule has 0 saturated carbocycles. The Kier molecular flexibility index (Phi) is 5.18. The number of H-pyrrole nitrogens is 1. The first-order valence-corrected chi connectivity index (χ1v) is 11.4. The Morgan fingerprint density at radius 3 is 2.70 bits per heavy atom. The van der Waals surface area contributed by atoms with Crippen molar-refractivity contribution in [1.29, 1.82) is 0 Å². The molecule has 3 aromatic heterocycles. The monoisotopic (exact) mass is 486 g/mol. The highest BCUT2D eigenvalue weighted by Crippen LogP contribution is 2.33. The zero-order valence-corrected chi connectivity index (χ0v) is 18.4. The van der Waals surface area contributed by atoms with E-state index in [4.69, 9.17) is 9.72 Å². The van der Waals surface area contributed by atoms with Gasteiger partial charge in [-0.1, -0.05) is 30.3 Å². The number of imidazole rings is 1. The van der Waals surface area contributed by atoms with Gasteiger partial charge in [0, 0.05) is 6.61 Å². The quantitative estimate of drug-likeness (QED) is 0.467. The van der Waals surface area contributed by atoms with Gasteiger partial charge in [0.05, 0.1) is 27.9 Å². The lowest BCUT2D eigenvalue weighted by Crippen LogP contribution is -2.32. The maximum atomic E-state index is 12.9. The van der Waals surface area contributed by atoms with Crippen molar-refractivity contribution in [3.8, 4) is 10.7 Å². The Labute approximate surface area is 184 Å². The molecule has 4 aromatic rings. The molecule has 1 saturated heterocycles. The van der Waals surface area contributed by atoms with Crippen LogP contribution in [-0.2, 0) is 17.8 Å². The number of aromatic amines is 1. The van der Waals surface area contributed by atoms with Gasteiger partial charge < -0.3 is 9.30 Å². The van der Waals surface area contributed by atoms with Crippen LogP contribution in [0.4, 0.5) is 0 Å². The third-order valence-electron chi connectivity index (χ3n) is 5.27. The molecule has 0 aliphatic carbocycles. The summed E-state index contributed by atoms with van der Waals surface area (Å²) < 4.78 is 10.2. The zero-order chi connectivity index (χ0) is 20.7. The highest BCUT2D eigenvalue weighted by Gasteiger charge is 2.24. The van der Waals surface area contributed by atoms with Crippen molar-refractivity contribution in [2.45, 2.75) is 32.0 Å². The molecule has 1 aromatic carbocycles. The number of aromatic nitrogens is 4. The standard InChI is InChI=1S/C21H19BrN4O3S/c22-16-9-8-15(30-16)18-23-19-17(25(18)12-14-7-4-10-29-14)20(27)24-21(28)26(19)11-13-5-2-1-3-6-13/h1-3,5-6,8-9,14H,4,7,10-12H2,(H,24,27,28). The van der Waals surface area contributed by atoms with Crippen LogP contribution in [0.5, 0.6) is 0 Å². The largest absolute Gasteiger partial charge is 0.376 e. The van der Waals surface area contributed by atoms with Gasteiger partial charge in [-0.25, -0.2) is 9.78 Å². The smallest absolute Gasteiger partial charge is 0.330 e. The van der Waals surface area contributed by atoms with E-state index in [2.05, 4.69) is 20.9 Å². The number of benzene rings is 1. The fraction of sp³-hybridized carbons (Fsp3) is 0.286. The first kappa shape index (κ1) is 19.5. The lowest BCUT2D eigenvalue weighted by atomic mass is 10.2. The van der Waals surface area contributed by atoms with Crippen LogP contribution in [0.3, 0.4) is 0 Å². The summed E-state index contributed by atoms with van der Waals surface area (Å²) in [4.78, 5) is 33.8. The molecular formula is C21H19BrN4O3S. The molecule has 5 rings (SSSR count). The van der Waals surface area contributed by atoms with Gasteiger partial charge >= 0.3 is 5.69 Å². The van der Waals surface area contributed by atoms with Crippen LogP contribution in [0.1, 0.15) is 18.4 Å². The van der Waals surface area contributed by atoms with Gasteiger partial charge in [-0.05, 0) is 46.5 Å². The van der Waals surface area contributed by atoms with E-state index in [0.29, 0.717) is 30.1 Å². The minimum absolute atomic E-state index is 0.0263. The van der Waals surface area contributed by atoms with E-state index in [-0.39, 0.29) is 6.10 Å². The molecule has 9 heteroatoms. The molecule has 1 aliphatic rings. The van der Waals surface area contributed by atoms with Crippen LogP contribution in [0.15, 0.2) is 55.8 Å². The van der Waals surface area contributed by atoms with Crippen molar-refractivity contribution in [2.24, 2.45) is 0 Å². The molecule has 0 radical (unpaired) electrons. The average molecular weight is 487 g/mol. The molecule has 0 amide bonds. The van der Waals surface area contributed by atoms with E-state index in [0.717, 1.165) is 33.7 Å². The van der Waals surface area contributed by atoms with Gasteiger partial charge in [0.2, 0.25) is 0 Å². The van der Waals surface area contributed by atoms with Gasteiger partial charge in [-0.2, -0.15) is 0 Å². The highest BCUT2D eigenvalue weighted by atomic mass is 79.9. The molecular weight excluding hydrogens is 468 g/mol. The number of rotatable bonds is 5. The van der Waals surface area contributed by atoms with Gasteiger partial charge in [-0.15, -0.1) is 11.3 Å². The van der Waals surface area contributed by atoms with Crippen LogP contribution in [0, 0.1) is 0 Å². The average Bonchev–Trinajstić information content (AvgIpc) is 3.47. The van der Waals surface area contributed by atoms with E-state index in [1.54, 1.807) is 11.3 Å². The normalized spacial score (nSPS) is 16.5. The summed E-state index contributed by atoms with van der Waals surface area (Å²) in [7, 11) is 0. The summed E-state index contributed by atoms with van der Waals surface area (Å²) in [5.41, 5.74) is 0.872. The maximum Gasteiger partial charge on any atom is 0.330 e. The molecule has 1 unspecified atom stereocenters. The molecule has 1 aliphatic heterocycles. The first-order valence-electron chi connectivity index (χ1n) is 9.75. The Hall–Kier alpha value is -2.49. The number of thiophene rings is 1. The molecule has 0 bridgehead atoms. The summed E-state index contributed by atoms with van der Waals surface area (Å²) in [6.45, 7) is 1.58. The maximum absolute atomic E-state index is 12.9. The van der Waals surface area contributed by atoms with Crippen molar-refractivity contribution in [2.75, 3.05) is 6.61 Å². The highest BCUT2D eigenvalue weighted by molar-refractivity contribution is 9.11. The zero-order valence-electron chi connectivity index (χ0n) is 16.0. The second kappa shape index (κ2) is 7.98. The molecule has 4 heterocycles. The fourth-order valence-electron chi connectivity index (χ4n) is 3.88. The minimum atomic E-state index is -0.461. The molecule has 30 heavy (non-hydrogen) atoms. The van der Waals surface area contributed by atoms with Crippen LogP contribution in [0.25, 0.3) is 21.9 Å². The number of ether oxygens (including phenoxy) is 1. The van der Waals surface area contributed by atoms with Gasteiger partial charge in [0.25, 0.3) is 5.56 Å². The Bertz CT molecular complexity index is 1320. The third-order valence-corrected chi connectivity index (χ3v) is 6.89. The predicted molar refractivity (Wildman–Crippen MR) is 120 cm³/mol. The van der Waals surface area contributed by atoms with E-state index in [9.17, 15) is 9.59 Å². The van der Waals surface area contributed by atoms with E-state index < -0.39 is 11.2 Å². The predicted octanol–water partition coefficient (Wildman–Crippen LogP) is 3.60.